The molecule has 0 bridgehead atoms. The molecule has 2 rings (SSSR count). The zero-order valence-corrected chi connectivity index (χ0v) is 13.7. The van der Waals surface area contributed by atoms with Gasteiger partial charge in [0.1, 0.15) is 5.75 Å². The Kier molecular flexibility index (Phi) is 5.92. The van der Waals surface area contributed by atoms with Gasteiger partial charge in [-0.15, -0.1) is 0 Å². The molecule has 2 aromatic rings. The molecule has 0 amide bonds. The van der Waals surface area contributed by atoms with Crippen LogP contribution in [-0.4, -0.2) is 13.7 Å². The summed E-state index contributed by atoms with van der Waals surface area (Å²) in [6.45, 7) is 3.03. The fourth-order valence-corrected chi connectivity index (χ4v) is 2.66. The van der Waals surface area contributed by atoms with Crippen LogP contribution in [-0.2, 0) is 0 Å². The second-order valence-corrected chi connectivity index (χ2v) is 5.67. The molecule has 112 valence electrons. The first-order valence-electron chi connectivity index (χ1n) is 6.98. The maximum absolute atomic E-state index is 6.36. The minimum atomic E-state index is -0.00810. The molecule has 0 heterocycles. The van der Waals surface area contributed by atoms with Gasteiger partial charge in [-0.2, -0.15) is 0 Å². The Labute approximate surface area is 136 Å². The van der Waals surface area contributed by atoms with Crippen molar-refractivity contribution in [1.29, 1.82) is 0 Å². The molecule has 0 saturated heterocycles. The molecular formula is C17H19Cl2NO. The number of benzene rings is 2. The summed E-state index contributed by atoms with van der Waals surface area (Å²) >= 11 is 12.5. The molecule has 1 unspecified atom stereocenters. The van der Waals surface area contributed by atoms with Crippen molar-refractivity contribution >= 4 is 23.2 Å². The van der Waals surface area contributed by atoms with E-state index in [-0.39, 0.29) is 6.04 Å². The van der Waals surface area contributed by atoms with Crippen LogP contribution >= 0.6 is 23.2 Å². The Hall–Kier alpha value is -1.22. The van der Waals surface area contributed by atoms with Gasteiger partial charge in [-0.05, 0) is 54.4 Å². The van der Waals surface area contributed by atoms with Crippen LogP contribution < -0.4 is 10.1 Å². The van der Waals surface area contributed by atoms with Crippen molar-refractivity contribution in [3.63, 3.8) is 0 Å². The molecule has 0 radical (unpaired) electrons. The highest BCUT2D eigenvalue weighted by Gasteiger charge is 2.17. The van der Waals surface area contributed by atoms with Crippen LogP contribution in [0.5, 0.6) is 5.75 Å². The van der Waals surface area contributed by atoms with E-state index in [9.17, 15) is 0 Å². The predicted molar refractivity (Wildman–Crippen MR) is 89.6 cm³/mol. The van der Waals surface area contributed by atoms with Gasteiger partial charge in [-0.25, -0.2) is 0 Å². The minimum Gasteiger partial charge on any atom is -0.497 e. The summed E-state index contributed by atoms with van der Waals surface area (Å²) in [4.78, 5) is 0. The quantitative estimate of drug-likeness (QED) is 0.799. The number of methoxy groups -OCH3 is 1. The van der Waals surface area contributed by atoms with Gasteiger partial charge >= 0.3 is 0 Å². The molecule has 0 aliphatic carbocycles. The smallest absolute Gasteiger partial charge is 0.119 e. The van der Waals surface area contributed by atoms with Crippen molar-refractivity contribution < 1.29 is 4.74 Å². The molecule has 0 aliphatic heterocycles. The van der Waals surface area contributed by atoms with E-state index >= 15 is 0 Å². The molecular weight excluding hydrogens is 305 g/mol. The van der Waals surface area contributed by atoms with E-state index in [0.717, 1.165) is 29.8 Å². The SMILES string of the molecule is CCCNC(c1cccc(OC)c1)c1cc(Cl)ccc1Cl. The minimum absolute atomic E-state index is 0.00810. The van der Waals surface area contributed by atoms with Crippen LogP contribution in [0.3, 0.4) is 0 Å². The van der Waals surface area contributed by atoms with Crippen molar-refractivity contribution in [3.8, 4) is 5.75 Å². The van der Waals surface area contributed by atoms with Crippen molar-refractivity contribution in [2.24, 2.45) is 0 Å². The summed E-state index contributed by atoms with van der Waals surface area (Å²) in [6.07, 6.45) is 1.04. The van der Waals surface area contributed by atoms with Crippen LogP contribution in [0.25, 0.3) is 0 Å². The topological polar surface area (TPSA) is 21.3 Å². The number of nitrogens with one attached hydrogen (secondary N) is 1. The Bertz CT molecular complexity index is 601. The predicted octanol–water partition coefficient (Wildman–Crippen LogP) is 5.09. The first-order valence-corrected chi connectivity index (χ1v) is 7.73. The maximum atomic E-state index is 6.36. The zero-order valence-electron chi connectivity index (χ0n) is 12.2. The monoisotopic (exact) mass is 323 g/mol. The number of hydrogen-bond donors (Lipinski definition) is 1. The highest BCUT2D eigenvalue weighted by atomic mass is 35.5. The number of halogens is 2. The standard InChI is InChI=1S/C17H19Cl2NO/c1-3-9-20-17(12-5-4-6-14(10-12)21-2)15-11-13(18)7-8-16(15)19/h4-8,10-11,17,20H,3,9H2,1-2H3. The summed E-state index contributed by atoms with van der Waals surface area (Å²) in [5, 5.41) is 4.91. The lowest BCUT2D eigenvalue weighted by molar-refractivity contribution is 0.413. The molecule has 1 N–H and O–H groups in total. The van der Waals surface area contributed by atoms with Crippen LogP contribution in [0.1, 0.15) is 30.5 Å². The molecule has 4 heteroatoms. The summed E-state index contributed by atoms with van der Waals surface area (Å²) in [5.74, 6) is 0.828. The van der Waals surface area contributed by atoms with Gasteiger partial charge in [0, 0.05) is 10.0 Å². The first-order chi connectivity index (χ1) is 10.2. The van der Waals surface area contributed by atoms with Gasteiger partial charge in [-0.1, -0.05) is 42.3 Å². The molecule has 0 aromatic heterocycles. The van der Waals surface area contributed by atoms with Gasteiger partial charge < -0.3 is 10.1 Å². The second kappa shape index (κ2) is 7.69. The van der Waals surface area contributed by atoms with Crippen molar-refractivity contribution in [3.05, 3.63) is 63.6 Å². The lowest BCUT2D eigenvalue weighted by Crippen LogP contribution is -2.23. The first kappa shape index (κ1) is 16.2. The zero-order chi connectivity index (χ0) is 15.2. The van der Waals surface area contributed by atoms with Crippen molar-refractivity contribution in [2.75, 3.05) is 13.7 Å². The van der Waals surface area contributed by atoms with Crippen LogP contribution in [0.2, 0.25) is 10.0 Å². The fourth-order valence-electron chi connectivity index (χ4n) is 2.25. The van der Waals surface area contributed by atoms with E-state index in [0.29, 0.717) is 10.0 Å². The van der Waals surface area contributed by atoms with Gasteiger partial charge in [0.05, 0.1) is 13.2 Å². The van der Waals surface area contributed by atoms with Crippen LogP contribution in [0, 0.1) is 0 Å². The van der Waals surface area contributed by atoms with E-state index in [4.69, 9.17) is 27.9 Å². The molecule has 0 fully saturated rings. The normalized spacial score (nSPS) is 12.2. The third kappa shape index (κ3) is 4.13. The molecule has 2 aromatic carbocycles. The van der Waals surface area contributed by atoms with Crippen LogP contribution in [0.4, 0.5) is 0 Å². The van der Waals surface area contributed by atoms with Gasteiger partial charge in [0.2, 0.25) is 0 Å². The molecule has 0 spiro atoms. The third-order valence-electron chi connectivity index (χ3n) is 3.29. The Morgan fingerprint density at radius 3 is 2.67 bits per heavy atom. The van der Waals surface area contributed by atoms with E-state index < -0.39 is 0 Å². The molecule has 0 saturated carbocycles. The summed E-state index contributed by atoms with van der Waals surface area (Å²) in [6, 6.07) is 13.5. The highest BCUT2D eigenvalue weighted by molar-refractivity contribution is 6.33. The summed E-state index contributed by atoms with van der Waals surface area (Å²) in [5.41, 5.74) is 2.08. The Balaban J connectivity index is 2.44. The number of rotatable bonds is 6. The Morgan fingerprint density at radius 1 is 1.14 bits per heavy atom. The average Bonchev–Trinajstić information content (AvgIpc) is 2.51. The summed E-state index contributed by atoms with van der Waals surface area (Å²) in [7, 11) is 1.67. The molecule has 1 atom stereocenters. The van der Waals surface area contributed by atoms with E-state index in [1.54, 1.807) is 13.2 Å². The average molecular weight is 324 g/mol. The number of ether oxygens (including phenoxy) is 1. The maximum Gasteiger partial charge on any atom is 0.119 e. The number of hydrogen-bond acceptors (Lipinski definition) is 2. The van der Waals surface area contributed by atoms with E-state index in [1.165, 1.54) is 0 Å². The molecule has 21 heavy (non-hydrogen) atoms. The van der Waals surface area contributed by atoms with Crippen molar-refractivity contribution in [1.82, 2.24) is 5.32 Å². The van der Waals surface area contributed by atoms with Crippen molar-refractivity contribution in [2.45, 2.75) is 19.4 Å². The lowest BCUT2D eigenvalue weighted by atomic mass is 9.98. The van der Waals surface area contributed by atoms with Gasteiger partial charge in [-0.3, -0.25) is 0 Å². The Morgan fingerprint density at radius 2 is 1.95 bits per heavy atom. The molecule has 2 nitrogen and oxygen atoms in total. The van der Waals surface area contributed by atoms with Gasteiger partial charge in [0.25, 0.3) is 0 Å². The van der Waals surface area contributed by atoms with Gasteiger partial charge in [0.15, 0.2) is 0 Å². The van der Waals surface area contributed by atoms with Crippen LogP contribution in [0.15, 0.2) is 42.5 Å². The summed E-state index contributed by atoms with van der Waals surface area (Å²) < 4.78 is 5.31. The van der Waals surface area contributed by atoms with E-state index in [2.05, 4.69) is 18.3 Å². The lowest BCUT2D eigenvalue weighted by Gasteiger charge is -2.21. The highest BCUT2D eigenvalue weighted by Crippen LogP contribution is 2.32. The largest absolute Gasteiger partial charge is 0.497 e. The van der Waals surface area contributed by atoms with E-state index in [1.807, 2.05) is 30.3 Å². The molecule has 0 aliphatic rings. The third-order valence-corrected chi connectivity index (χ3v) is 3.87. The second-order valence-electron chi connectivity index (χ2n) is 4.83. The fraction of sp³-hybridized carbons (Fsp3) is 0.294.